The van der Waals surface area contributed by atoms with E-state index in [0.29, 0.717) is 18.0 Å². The number of aryl methyl sites for hydroxylation is 1. The highest BCUT2D eigenvalue weighted by Gasteiger charge is 2.04. The van der Waals surface area contributed by atoms with Crippen molar-refractivity contribution >= 4 is 17.5 Å². The van der Waals surface area contributed by atoms with Gasteiger partial charge in [-0.05, 0) is 31.5 Å². The molecule has 0 unspecified atom stereocenters. The summed E-state index contributed by atoms with van der Waals surface area (Å²) in [6.07, 6.45) is -0.483. The highest BCUT2D eigenvalue weighted by Crippen LogP contribution is 2.19. The number of nitrogens with two attached hydrogens (primary N) is 1. The Labute approximate surface area is 83.1 Å². The van der Waals surface area contributed by atoms with E-state index in [9.17, 15) is 4.79 Å². The molecular weight excluding hydrogens is 180 g/mol. The van der Waals surface area contributed by atoms with Crippen LogP contribution in [-0.2, 0) is 4.74 Å². The number of nitrogen functional groups attached to an aromatic ring is 1. The lowest BCUT2D eigenvalue weighted by molar-refractivity contribution is 0.168. The lowest BCUT2D eigenvalue weighted by Crippen LogP contribution is -2.14. The molecule has 0 radical (unpaired) electrons. The normalized spacial score (nSPS) is 9.57. The molecule has 76 valence electrons. The maximum Gasteiger partial charge on any atom is 0.411 e. The number of carbonyl (C=O) groups is 1. The fraction of sp³-hybridized carbons (Fsp3) is 0.300. The monoisotopic (exact) mass is 194 g/mol. The van der Waals surface area contributed by atoms with Crippen LogP contribution in [-0.4, -0.2) is 12.7 Å². The average molecular weight is 194 g/mol. The molecule has 0 aromatic heterocycles. The number of amides is 1. The molecule has 3 N–H and O–H groups in total. The van der Waals surface area contributed by atoms with Gasteiger partial charge in [-0.15, -0.1) is 0 Å². The molecule has 0 spiro atoms. The van der Waals surface area contributed by atoms with Gasteiger partial charge in [0.2, 0.25) is 0 Å². The molecule has 0 aliphatic heterocycles. The third-order valence-corrected chi connectivity index (χ3v) is 1.72. The number of carbonyl (C=O) groups excluding carboxylic acids is 1. The fourth-order valence-corrected chi connectivity index (χ4v) is 1.07. The molecule has 0 aliphatic rings. The SMILES string of the molecule is CCOC(=O)Nc1ccc(C)cc1N. The quantitative estimate of drug-likeness (QED) is 0.709. The van der Waals surface area contributed by atoms with Gasteiger partial charge in [-0.1, -0.05) is 6.07 Å². The van der Waals surface area contributed by atoms with Gasteiger partial charge >= 0.3 is 6.09 Å². The summed E-state index contributed by atoms with van der Waals surface area (Å²) in [4.78, 5) is 11.1. The van der Waals surface area contributed by atoms with Crippen LogP contribution in [0.1, 0.15) is 12.5 Å². The number of nitrogens with one attached hydrogen (secondary N) is 1. The maximum atomic E-state index is 11.1. The summed E-state index contributed by atoms with van der Waals surface area (Å²) in [5.41, 5.74) is 7.87. The van der Waals surface area contributed by atoms with Crippen molar-refractivity contribution in [3.63, 3.8) is 0 Å². The Bertz CT molecular complexity index is 337. The van der Waals surface area contributed by atoms with Crippen molar-refractivity contribution in [3.05, 3.63) is 23.8 Å². The third kappa shape index (κ3) is 2.65. The van der Waals surface area contributed by atoms with E-state index in [2.05, 4.69) is 5.32 Å². The topological polar surface area (TPSA) is 64.3 Å². The van der Waals surface area contributed by atoms with Crippen molar-refractivity contribution in [1.29, 1.82) is 0 Å². The van der Waals surface area contributed by atoms with E-state index < -0.39 is 6.09 Å². The Morgan fingerprint density at radius 3 is 2.86 bits per heavy atom. The Morgan fingerprint density at radius 2 is 2.29 bits per heavy atom. The first kappa shape index (κ1) is 10.4. The minimum absolute atomic E-state index is 0.345. The molecule has 0 atom stereocenters. The van der Waals surface area contributed by atoms with Crippen LogP contribution in [0.5, 0.6) is 0 Å². The van der Waals surface area contributed by atoms with E-state index in [1.54, 1.807) is 19.1 Å². The van der Waals surface area contributed by atoms with Crippen molar-refractivity contribution in [3.8, 4) is 0 Å². The summed E-state index contributed by atoms with van der Waals surface area (Å²) in [7, 11) is 0. The van der Waals surface area contributed by atoms with Crippen molar-refractivity contribution in [2.24, 2.45) is 0 Å². The Balaban J connectivity index is 2.72. The van der Waals surface area contributed by atoms with E-state index in [1.165, 1.54) is 0 Å². The molecular formula is C10H14N2O2. The second kappa shape index (κ2) is 4.50. The Morgan fingerprint density at radius 1 is 1.57 bits per heavy atom. The Hall–Kier alpha value is -1.71. The number of rotatable bonds is 2. The van der Waals surface area contributed by atoms with Gasteiger partial charge in [0.15, 0.2) is 0 Å². The molecule has 0 heterocycles. The van der Waals surface area contributed by atoms with Gasteiger partial charge in [0.1, 0.15) is 0 Å². The molecule has 1 rings (SSSR count). The number of hydrogen-bond acceptors (Lipinski definition) is 3. The number of hydrogen-bond donors (Lipinski definition) is 2. The molecule has 14 heavy (non-hydrogen) atoms. The van der Waals surface area contributed by atoms with Crippen LogP contribution in [0.4, 0.5) is 16.2 Å². The van der Waals surface area contributed by atoms with Gasteiger partial charge in [-0.25, -0.2) is 4.79 Å². The van der Waals surface area contributed by atoms with Gasteiger partial charge < -0.3 is 10.5 Å². The molecule has 1 amide bonds. The fourth-order valence-electron chi connectivity index (χ4n) is 1.07. The standard InChI is InChI=1S/C10H14N2O2/c1-3-14-10(13)12-9-5-4-7(2)6-8(9)11/h4-6H,3,11H2,1-2H3,(H,12,13). The highest BCUT2D eigenvalue weighted by molar-refractivity contribution is 5.88. The van der Waals surface area contributed by atoms with Gasteiger partial charge in [-0.2, -0.15) is 0 Å². The molecule has 0 saturated heterocycles. The van der Waals surface area contributed by atoms with Gasteiger partial charge in [-0.3, -0.25) is 5.32 Å². The van der Waals surface area contributed by atoms with E-state index in [1.807, 2.05) is 13.0 Å². The zero-order valence-corrected chi connectivity index (χ0v) is 8.33. The van der Waals surface area contributed by atoms with Crippen LogP contribution in [0.25, 0.3) is 0 Å². The zero-order valence-electron chi connectivity index (χ0n) is 8.33. The van der Waals surface area contributed by atoms with Crippen LogP contribution >= 0.6 is 0 Å². The van der Waals surface area contributed by atoms with E-state index in [0.717, 1.165) is 5.56 Å². The summed E-state index contributed by atoms with van der Waals surface area (Å²) in [6.45, 7) is 4.03. The molecule has 0 aliphatic carbocycles. The largest absolute Gasteiger partial charge is 0.450 e. The predicted octanol–water partition coefficient (Wildman–Crippen LogP) is 2.15. The molecule has 4 heteroatoms. The smallest absolute Gasteiger partial charge is 0.411 e. The summed E-state index contributed by atoms with van der Waals surface area (Å²) in [5, 5.41) is 2.55. The Kier molecular flexibility index (Phi) is 3.34. The lowest BCUT2D eigenvalue weighted by Gasteiger charge is -2.08. The zero-order chi connectivity index (χ0) is 10.6. The van der Waals surface area contributed by atoms with Gasteiger partial charge in [0.25, 0.3) is 0 Å². The van der Waals surface area contributed by atoms with Crippen LogP contribution in [0.15, 0.2) is 18.2 Å². The first-order valence-corrected chi connectivity index (χ1v) is 4.43. The third-order valence-electron chi connectivity index (χ3n) is 1.72. The number of anilines is 2. The first-order chi connectivity index (χ1) is 6.63. The number of benzene rings is 1. The summed E-state index contributed by atoms with van der Waals surface area (Å²) >= 11 is 0. The lowest BCUT2D eigenvalue weighted by atomic mass is 10.2. The van der Waals surface area contributed by atoms with E-state index in [4.69, 9.17) is 10.5 Å². The predicted molar refractivity (Wildman–Crippen MR) is 56.2 cm³/mol. The van der Waals surface area contributed by atoms with Crippen LogP contribution in [0.2, 0.25) is 0 Å². The minimum Gasteiger partial charge on any atom is -0.450 e. The molecule has 0 bridgehead atoms. The van der Waals surface area contributed by atoms with Crippen molar-refractivity contribution in [2.45, 2.75) is 13.8 Å². The van der Waals surface area contributed by atoms with Gasteiger partial charge in [0, 0.05) is 0 Å². The van der Waals surface area contributed by atoms with Crippen LogP contribution < -0.4 is 11.1 Å². The molecule has 1 aromatic carbocycles. The van der Waals surface area contributed by atoms with E-state index in [-0.39, 0.29) is 0 Å². The summed E-state index contributed by atoms with van der Waals surface area (Å²) in [6, 6.07) is 5.42. The average Bonchev–Trinajstić information content (AvgIpc) is 2.10. The van der Waals surface area contributed by atoms with E-state index >= 15 is 0 Å². The van der Waals surface area contributed by atoms with Crippen molar-refractivity contribution in [2.75, 3.05) is 17.7 Å². The summed E-state index contributed by atoms with van der Waals surface area (Å²) < 4.78 is 4.73. The minimum atomic E-state index is -0.483. The maximum absolute atomic E-state index is 11.1. The summed E-state index contributed by atoms with van der Waals surface area (Å²) in [5.74, 6) is 0. The molecule has 0 fully saturated rings. The first-order valence-electron chi connectivity index (χ1n) is 4.43. The van der Waals surface area contributed by atoms with Crippen molar-refractivity contribution in [1.82, 2.24) is 0 Å². The second-order valence-corrected chi connectivity index (χ2v) is 2.94. The molecule has 4 nitrogen and oxygen atoms in total. The van der Waals surface area contributed by atoms with Crippen molar-refractivity contribution < 1.29 is 9.53 Å². The molecule has 1 aromatic rings. The molecule has 0 saturated carbocycles. The van der Waals surface area contributed by atoms with Crippen LogP contribution in [0, 0.1) is 6.92 Å². The highest BCUT2D eigenvalue weighted by atomic mass is 16.5. The second-order valence-electron chi connectivity index (χ2n) is 2.94. The van der Waals surface area contributed by atoms with Gasteiger partial charge in [0.05, 0.1) is 18.0 Å². The van der Waals surface area contributed by atoms with Crippen LogP contribution in [0.3, 0.4) is 0 Å². The number of ether oxygens (including phenoxy) is 1.